The zero-order chi connectivity index (χ0) is 18.7. The molecule has 3 rings (SSSR count). The number of aliphatic hydroxyl groups excluding tert-OH is 1. The number of ether oxygens (including phenoxy) is 2. The Balaban J connectivity index is 1.87. The van der Waals surface area contributed by atoms with Gasteiger partial charge in [-0.15, -0.1) is 23.4 Å². The van der Waals surface area contributed by atoms with Gasteiger partial charge >= 0.3 is 6.36 Å². The largest absolute Gasteiger partial charge is 0.573 e. The lowest BCUT2D eigenvalue weighted by atomic mass is 10.1. The lowest BCUT2D eigenvalue weighted by molar-refractivity contribution is -0.274. The zero-order valence-corrected chi connectivity index (χ0v) is 13.5. The predicted octanol–water partition coefficient (Wildman–Crippen LogP) is 1.95. The lowest BCUT2D eigenvalue weighted by Gasteiger charge is -2.32. The summed E-state index contributed by atoms with van der Waals surface area (Å²) in [6.07, 6.45) is -5.24. The molecule has 1 aliphatic rings. The van der Waals surface area contributed by atoms with Crippen molar-refractivity contribution in [3.63, 3.8) is 0 Å². The van der Waals surface area contributed by atoms with Crippen molar-refractivity contribution in [1.82, 2.24) is 10.2 Å². The van der Waals surface area contributed by atoms with Crippen LogP contribution in [0.3, 0.4) is 0 Å². The van der Waals surface area contributed by atoms with E-state index in [4.69, 9.17) is 4.74 Å². The molecule has 10 heteroatoms. The molecule has 0 aliphatic carbocycles. The Kier molecular flexibility index (Phi) is 5.14. The number of alkyl halides is 3. The van der Waals surface area contributed by atoms with Gasteiger partial charge < -0.3 is 24.6 Å². The molecule has 0 saturated carbocycles. The first-order valence-electron chi connectivity index (χ1n) is 7.76. The van der Waals surface area contributed by atoms with E-state index < -0.39 is 17.9 Å². The number of hydrogen-bond donors (Lipinski definition) is 2. The summed E-state index contributed by atoms with van der Waals surface area (Å²) in [5.41, 5.74) is -0.155. The Bertz CT molecular complexity index is 755. The van der Waals surface area contributed by atoms with E-state index in [-0.39, 0.29) is 24.0 Å². The number of aromatic hydroxyl groups is 1. The van der Waals surface area contributed by atoms with E-state index >= 15 is 0 Å². The normalized spacial score (nSPS) is 18.0. The van der Waals surface area contributed by atoms with Crippen LogP contribution >= 0.6 is 0 Å². The molecule has 140 valence electrons. The van der Waals surface area contributed by atoms with Gasteiger partial charge in [0.15, 0.2) is 5.82 Å². The van der Waals surface area contributed by atoms with Crippen LogP contribution in [0.5, 0.6) is 11.5 Å². The van der Waals surface area contributed by atoms with E-state index in [1.165, 1.54) is 18.2 Å². The molecule has 0 radical (unpaired) electrons. The van der Waals surface area contributed by atoms with E-state index in [9.17, 15) is 23.4 Å². The molecule has 7 nitrogen and oxygen atoms in total. The zero-order valence-electron chi connectivity index (χ0n) is 13.5. The molecule has 0 spiro atoms. The number of nitrogens with zero attached hydrogens (tertiary/aromatic N) is 3. The number of phenols is 1. The highest BCUT2D eigenvalue weighted by atomic mass is 19.4. The minimum absolute atomic E-state index is 0.0399. The van der Waals surface area contributed by atoms with Gasteiger partial charge in [-0.1, -0.05) is 6.07 Å². The molecule has 0 unspecified atom stereocenters. The second-order valence-electron chi connectivity index (χ2n) is 5.60. The van der Waals surface area contributed by atoms with Crippen molar-refractivity contribution in [1.29, 1.82) is 0 Å². The fraction of sp³-hybridized carbons (Fsp3) is 0.375. The Hall–Kier alpha value is -2.59. The third kappa shape index (κ3) is 4.14. The summed E-state index contributed by atoms with van der Waals surface area (Å²) in [5.74, 6) is -0.476. The van der Waals surface area contributed by atoms with Gasteiger partial charge in [0.2, 0.25) is 0 Å². The van der Waals surface area contributed by atoms with Crippen LogP contribution in [-0.2, 0) is 4.74 Å². The number of rotatable bonds is 4. The predicted molar refractivity (Wildman–Crippen MR) is 84.9 cm³/mol. The van der Waals surface area contributed by atoms with Crippen molar-refractivity contribution < 1.29 is 32.9 Å². The Labute approximate surface area is 146 Å². The topological polar surface area (TPSA) is 87.9 Å². The minimum Gasteiger partial charge on any atom is -0.507 e. The van der Waals surface area contributed by atoms with Crippen molar-refractivity contribution in [2.75, 3.05) is 31.2 Å². The molecule has 1 aromatic heterocycles. The van der Waals surface area contributed by atoms with Crippen LogP contribution in [0.25, 0.3) is 11.3 Å². The molecule has 1 aliphatic heterocycles. The van der Waals surface area contributed by atoms with Gasteiger partial charge in [0.25, 0.3) is 0 Å². The van der Waals surface area contributed by atoms with Gasteiger partial charge in [-0.25, -0.2) is 0 Å². The van der Waals surface area contributed by atoms with Gasteiger partial charge in [-0.05, 0) is 24.3 Å². The second-order valence-corrected chi connectivity index (χ2v) is 5.60. The number of anilines is 1. The molecule has 1 saturated heterocycles. The molecular weight excluding hydrogens is 355 g/mol. The smallest absolute Gasteiger partial charge is 0.507 e. The van der Waals surface area contributed by atoms with E-state index in [1.54, 1.807) is 6.07 Å². The van der Waals surface area contributed by atoms with Crippen LogP contribution in [-0.4, -0.2) is 59.2 Å². The molecule has 2 aromatic rings. The standard InChI is InChI=1S/C16H16F3N3O4/c17-16(18,19)26-13-3-1-2-12(24)15(13)11-4-5-14(21-20-11)22-6-7-25-10(8-22)9-23/h1-5,10,23-24H,6-9H2/t10-/m0/s1. The Morgan fingerprint density at radius 3 is 2.69 bits per heavy atom. The number of aliphatic hydroxyl groups is 1. The molecule has 1 atom stereocenters. The van der Waals surface area contributed by atoms with Crippen molar-refractivity contribution >= 4 is 5.82 Å². The molecule has 0 amide bonds. The Morgan fingerprint density at radius 2 is 2.04 bits per heavy atom. The summed E-state index contributed by atoms with van der Waals surface area (Å²) < 4.78 is 47.0. The van der Waals surface area contributed by atoms with Crippen molar-refractivity contribution in [2.45, 2.75) is 12.5 Å². The van der Waals surface area contributed by atoms with Crippen LogP contribution in [0, 0.1) is 0 Å². The SMILES string of the molecule is OC[C@@H]1CN(c2ccc(-c3c(O)cccc3OC(F)(F)F)nn2)CCO1. The Morgan fingerprint density at radius 1 is 1.23 bits per heavy atom. The number of halogens is 3. The fourth-order valence-corrected chi connectivity index (χ4v) is 2.65. The first-order valence-corrected chi connectivity index (χ1v) is 7.76. The maximum Gasteiger partial charge on any atom is 0.573 e. The van der Waals surface area contributed by atoms with Crippen molar-refractivity contribution in [3.8, 4) is 22.8 Å². The summed E-state index contributed by atoms with van der Waals surface area (Å²) in [5, 5.41) is 27.1. The third-order valence-corrected chi connectivity index (χ3v) is 3.80. The lowest BCUT2D eigenvalue weighted by Crippen LogP contribution is -2.44. The second kappa shape index (κ2) is 7.34. The van der Waals surface area contributed by atoms with Crippen molar-refractivity contribution in [3.05, 3.63) is 30.3 Å². The molecule has 2 N–H and O–H groups in total. The van der Waals surface area contributed by atoms with Gasteiger partial charge in [0, 0.05) is 13.1 Å². The van der Waals surface area contributed by atoms with E-state index in [0.717, 1.165) is 6.07 Å². The molecule has 1 aromatic carbocycles. The first-order chi connectivity index (χ1) is 12.4. The quantitative estimate of drug-likeness (QED) is 0.849. The first kappa shape index (κ1) is 18.2. The highest BCUT2D eigenvalue weighted by molar-refractivity contribution is 5.74. The molecule has 26 heavy (non-hydrogen) atoms. The van der Waals surface area contributed by atoms with Crippen LogP contribution in [0.1, 0.15) is 0 Å². The number of hydrogen-bond acceptors (Lipinski definition) is 7. The molecular formula is C16H16F3N3O4. The van der Waals surface area contributed by atoms with Gasteiger partial charge in [-0.2, -0.15) is 0 Å². The van der Waals surface area contributed by atoms with E-state index in [1.807, 2.05) is 4.90 Å². The van der Waals surface area contributed by atoms with E-state index in [2.05, 4.69) is 14.9 Å². The third-order valence-electron chi connectivity index (χ3n) is 3.80. The van der Waals surface area contributed by atoms with Crippen LogP contribution in [0.15, 0.2) is 30.3 Å². The average Bonchev–Trinajstić information content (AvgIpc) is 2.61. The molecule has 2 heterocycles. The average molecular weight is 371 g/mol. The molecule has 1 fully saturated rings. The van der Waals surface area contributed by atoms with Crippen LogP contribution in [0.4, 0.5) is 19.0 Å². The summed E-state index contributed by atoms with van der Waals surface area (Å²) in [4.78, 5) is 1.85. The highest BCUT2D eigenvalue weighted by Gasteiger charge is 2.33. The number of morpholine rings is 1. The number of aromatic nitrogens is 2. The number of phenolic OH excluding ortho intramolecular Hbond substituents is 1. The highest BCUT2D eigenvalue weighted by Crippen LogP contribution is 2.39. The van der Waals surface area contributed by atoms with Crippen molar-refractivity contribution in [2.24, 2.45) is 0 Å². The fourth-order valence-electron chi connectivity index (χ4n) is 2.65. The maximum atomic E-state index is 12.6. The maximum absolute atomic E-state index is 12.6. The van der Waals surface area contributed by atoms with Crippen LogP contribution in [0.2, 0.25) is 0 Å². The van der Waals surface area contributed by atoms with E-state index in [0.29, 0.717) is 25.5 Å². The monoisotopic (exact) mass is 371 g/mol. The van der Waals surface area contributed by atoms with Gasteiger partial charge in [-0.3, -0.25) is 0 Å². The molecule has 0 bridgehead atoms. The number of benzene rings is 1. The summed E-state index contributed by atoms with van der Waals surface area (Å²) in [7, 11) is 0. The van der Waals surface area contributed by atoms with Gasteiger partial charge in [0.1, 0.15) is 17.2 Å². The summed E-state index contributed by atoms with van der Waals surface area (Å²) in [6, 6.07) is 6.59. The van der Waals surface area contributed by atoms with Crippen LogP contribution < -0.4 is 9.64 Å². The summed E-state index contributed by atoms with van der Waals surface area (Å²) >= 11 is 0. The summed E-state index contributed by atoms with van der Waals surface area (Å²) in [6.45, 7) is 1.25. The minimum atomic E-state index is -4.90. The van der Waals surface area contributed by atoms with Gasteiger partial charge in [0.05, 0.1) is 24.9 Å².